The van der Waals surface area contributed by atoms with Gasteiger partial charge in [0, 0.05) is 29.3 Å². The fraction of sp³-hybridized carbons (Fsp3) is 0.615. The molecule has 0 spiro atoms. The number of carbonyl (C=O) groups is 1. The molecule has 1 N–H and O–H groups in total. The second-order valence-corrected chi connectivity index (χ2v) is 6.05. The van der Waals surface area contributed by atoms with Crippen LogP contribution in [0.5, 0.6) is 5.75 Å². The van der Waals surface area contributed by atoms with Crippen molar-refractivity contribution in [3.63, 3.8) is 0 Å². The van der Waals surface area contributed by atoms with Crippen molar-refractivity contribution in [1.82, 2.24) is 5.32 Å². The molecule has 1 aromatic heterocycles. The van der Waals surface area contributed by atoms with Gasteiger partial charge in [-0.25, -0.2) is 0 Å². The molecule has 1 aliphatic carbocycles. The lowest BCUT2D eigenvalue weighted by molar-refractivity contribution is 0.0939. The molecule has 1 amide bonds. The first-order valence-corrected chi connectivity index (χ1v) is 7.57. The summed E-state index contributed by atoms with van der Waals surface area (Å²) in [4.78, 5) is 12.7. The summed E-state index contributed by atoms with van der Waals surface area (Å²) in [6, 6.07) is 1.77. The number of thiophene rings is 1. The topological polar surface area (TPSA) is 38.3 Å². The summed E-state index contributed by atoms with van der Waals surface area (Å²) in [5.41, 5.74) is 0.110. The molecule has 1 aliphatic rings. The predicted octanol–water partition coefficient (Wildman–Crippen LogP) is 3.29. The van der Waals surface area contributed by atoms with Crippen molar-refractivity contribution >= 4 is 28.8 Å². The van der Waals surface area contributed by atoms with E-state index in [0.29, 0.717) is 17.3 Å². The minimum absolute atomic E-state index is 0.0281. The van der Waals surface area contributed by atoms with Gasteiger partial charge in [0.15, 0.2) is 0 Å². The predicted molar refractivity (Wildman–Crippen MR) is 74.8 cm³/mol. The monoisotopic (exact) mass is 287 g/mol. The van der Waals surface area contributed by atoms with Gasteiger partial charge in [-0.2, -0.15) is 0 Å². The fourth-order valence-electron chi connectivity index (χ4n) is 2.38. The van der Waals surface area contributed by atoms with E-state index in [1.807, 2.05) is 5.38 Å². The van der Waals surface area contributed by atoms with Gasteiger partial charge in [0.05, 0.1) is 12.0 Å². The van der Waals surface area contributed by atoms with Crippen LogP contribution < -0.4 is 10.1 Å². The molecular formula is C13H18ClNO2S. The standard InChI is InChI=1S/C13H18ClNO2S/c1-17-10-6-11(18-7-10)12(16)15-9-13(8-14)4-2-3-5-13/h6-7H,2-5,8-9H2,1H3,(H,15,16). The zero-order valence-electron chi connectivity index (χ0n) is 10.5. The maximum atomic E-state index is 12.0. The lowest BCUT2D eigenvalue weighted by Crippen LogP contribution is -2.36. The third-order valence-corrected chi connectivity index (χ3v) is 5.08. The third-order valence-electron chi connectivity index (χ3n) is 3.61. The zero-order valence-corrected chi connectivity index (χ0v) is 12.1. The van der Waals surface area contributed by atoms with Crippen LogP contribution in [0.2, 0.25) is 0 Å². The molecule has 18 heavy (non-hydrogen) atoms. The number of hydrogen-bond acceptors (Lipinski definition) is 3. The normalized spacial score (nSPS) is 17.7. The zero-order chi connectivity index (χ0) is 13.0. The molecule has 0 unspecified atom stereocenters. The minimum Gasteiger partial charge on any atom is -0.496 e. The van der Waals surface area contributed by atoms with E-state index in [1.54, 1.807) is 13.2 Å². The maximum Gasteiger partial charge on any atom is 0.261 e. The molecule has 1 fully saturated rings. The maximum absolute atomic E-state index is 12.0. The molecule has 0 saturated heterocycles. The van der Waals surface area contributed by atoms with Gasteiger partial charge in [-0.1, -0.05) is 12.8 Å². The van der Waals surface area contributed by atoms with E-state index in [0.717, 1.165) is 18.6 Å². The third kappa shape index (κ3) is 2.98. The van der Waals surface area contributed by atoms with Gasteiger partial charge >= 0.3 is 0 Å². The number of nitrogens with one attached hydrogen (secondary N) is 1. The first kappa shape index (κ1) is 13.7. The second kappa shape index (κ2) is 5.93. The SMILES string of the molecule is COc1csc(C(=O)NCC2(CCl)CCCC2)c1. The van der Waals surface area contributed by atoms with Crippen molar-refractivity contribution in [2.24, 2.45) is 5.41 Å². The quantitative estimate of drug-likeness (QED) is 0.844. The van der Waals surface area contributed by atoms with Crippen molar-refractivity contribution in [2.75, 3.05) is 19.5 Å². The summed E-state index contributed by atoms with van der Waals surface area (Å²) in [6.45, 7) is 0.676. The summed E-state index contributed by atoms with van der Waals surface area (Å²) in [7, 11) is 1.60. The van der Waals surface area contributed by atoms with E-state index in [9.17, 15) is 4.79 Å². The van der Waals surface area contributed by atoms with Crippen LogP contribution in [0.1, 0.15) is 35.4 Å². The van der Waals surface area contributed by atoms with E-state index in [2.05, 4.69) is 5.32 Å². The number of carbonyl (C=O) groups excluding carboxylic acids is 1. The smallest absolute Gasteiger partial charge is 0.261 e. The Morgan fingerprint density at radius 1 is 1.56 bits per heavy atom. The molecule has 2 rings (SSSR count). The van der Waals surface area contributed by atoms with Crippen LogP contribution in [0.25, 0.3) is 0 Å². The Bertz CT molecular complexity index is 413. The van der Waals surface area contributed by atoms with E-state index >= 15 is 0 Å². The summed E-state index contributed by atoms with van der Waals surface area (Å²) in [6.07, 6.45) is 4.67. The Kier molecular flexibility index (Phi) is 4.51. The van der Waals surface area contributed by atoms with E-state index in [4.69, 9.17) is 16.3 Å². The lowest BCUT2D eigenvalue weighted by atomic mass is 9.88. The van der Waals surface area contributed by atoms with Crippen molar-refractivity contribution in [3.05, 3.63) is 16.3 Å². The first-order valence-electron chi connectivity index (χ1n) is 6.16. The molecule has 1 heterocycles. The number of amides is 1. The number of halogens is 1. The van der Waals surface area contributed by atoms with E-state index in [-0.39, 0.29) is 11.3 Å². The molecule has 1 aromatic rings. The number of methoxy groups -OCH3 is 1. The molecule has 100 valence electrons. The Morgan fingerprint density at radius 2 is 2.28 bits per heavy atom. The average molecular weight is 288 g/mol. The number of hydrogen-bond donors (Lipinski definition) is 1. The summed E-state index contributed by atoms with van der Waals surface area (Å²) in [5, 5.41) is 4.84. The van der Waals surface area contributed by atoms with Gasteiger partial charge in [-0.05, 0) is 12.8 Å². The van der Waals surface area contributed by atoms with Crippen LogP contribution in [-0.4, -0.2) is 25.4 Å². The average Bonchev–Trinajstić information content (AvgIpc) is 3.05. The molecular weight excluding hydrogens is 270 g/mol. The van der Waals surface area contributed by atoms with Gasteiger partial charge < -0.3 is 10.1 Å². The Hall–Kier alpha value is -0.740. The van der Waals surface area contributed by atoms with Gasteiger partial charge in [-0.3, -0.25) is 4.79 Å². The number of alkyl halides is 1. The highest BCUT2D eigenvalue weighted by molar-refractivity contribution is 7.12. The van der Waals surface area contributed by atoms with Crippen LogP contribution in [0.4, 0.5) is 0 Å². The Labute approximate surface area is 116 Å². The van der Waals surface area contributed by atoms with E-state index in [1.165, 1.54) is 24.2 Å². The highest BCUT2D eigenvalue weighted by Gasteiger charge is 2.33. The van der Waals surface area contributed by atoms with Gasteiger partial charge in [-0.15, -0.1) is 22.9 Å². The van der Waals surface area contributed by atoms with Gasteiger partial charge in [0.25, 0.3) is 5.91 Å². The summed E-state index contributed by atoms with van der Waals surface area (Å²) < 4.78 is 5.07. The van der Waals surface area contributed by atoms with Gasteiger partial charge in [0.2, 0.25) is 0 Å². The summed E-state index contributed by atoms with van der Waals surface area (Å²) >= 11 is 7.45. The molecule has 0 atom stereocenters. The van der Waals surface area contributed by atoms with Crippen molar-refractivity contribution in [1.29, 1.82) is 0 Å². The number of ether oxygens (including phenoxy) is 1. The first-order chi connectivity index (χ1) is 8.69. The molecule has 0 radical (unpaired) electrons. The highest BCUT2D eigenvalue weighted by atomic mass is 35.5. The van der Waals surface area contributed by atoms with Crippen LogP contribution in [0.3, 0.4) is 0 Å². The summed E-state index contributed by atoms with van der Waals surface area (Å²) in [5.74, 6) is 1.33. The lowest BCUT2D eigenvalue weighted by Gasteiger charge is -2.26. The molecule has 0 aliphatic heterocycles. The van der Waals surface area contributed by atoms with Crippen LogP contribution >= 0.6 is 22.9 Å². The van der Waals surface area contributed by atoms with Crippen LogP contribution in [0, 0.1) is 5.41 Å². The molecule has 0 bridgehead atoms. The number of rotatable bonds is 5. The largest absolute Gasteiger partial charge is 0.496 e. The van der Waals surface area contributed by atoms with E-state index < -0.39 is 0 Å². The second-order valence-electron chi connectivity index (χ2n) is 4.87. The van der Waals surface area contributed by atoms with Crippen molar-refractivity contribution in [3.8, 4) is 5.75 Å². The van der Waals surface area contributed by atoms with Crippen molar-refractivity contribution < 1.29 is 9.53 Å². The van der Waals surface area contributed by atoms with Crippen LogP contribution in [0.15, 0.2) is 11.4 Å². The van der Waals surface area contributed by atoms with Crippen molar-refractivity contribution in [2.45, 2.75) is 25.7 Å². The fourth-order valence-corrected chi connectivity index (χ4v) is 3.52. The Morgan fingerprint density at radius 3 is 2.83 bits per heavy atom. The molecule has 5 heteroatoms. The highest BCUT2D eigenvalue weighted by Crippen LogP contribution is 2.38. The molecule has 3 nitrogen and oxygen atoms in total. The van der Waals surface area contributed by atoms with Crippen LogP contribution in [-0.2, 0) is 0 Å². The minimum atomic E-state index is -0.0281. The molecule has 0 aromatic carbocycles. The Balaban J connectivity index is 1.91. The molecule has 1 saturated carbocycles. The van der Waals surface area contributed by atoms with Gasteiger partial charge in [0.1, 0.15) is 5.75 Å².